The number of ketones is 1. The van der Waals surface area contributed by atoms with Crippen LogP contribution in [-0.2, 0) is 9.53 Å². The molecule has 1 unspecified atom stereocenters. The third-order valence-corrected chi connectivity index (χ3v) is 2.28. The van der Waals surface area contributed by atoms with Gasteiger partial charge in [0.2, 0.25) is 0 Å². The van der Waals surface area contributed by atoms with Gasteiger partial charge >= 0.3 is 0 Å². The first kappa shape index (κ1) is 13.7. The predicted molar refractivity (Wildman–Crippen MR) is 56.0 cm³/mol. The number of halogens is 3. The minimum Gasteiger partial charge on any atom is -0.366 e. The fourth-order valence-corrected chi connectivity index (χ4v) is 1.45. The van der Waals surface area contributed by atoms with Crippen molar-refractivity contribution < 1.29 is 22.7 Å². The maximum atomic E-state index is 13.0. The van der Waals surface area contributed by atoms with E-state index < -0.39 is 23.6 Å². The number of hydrogen-bond acceptors (Lipinski definition) is 2. The van der Waals surface area contributed by atoms with Crippen LogP contribution in [0.5, 0.6) is 0 Å². The summed E-state index contributed by atoms with van der Waals surface area (Å²) in [4.78, 5) is 11.5. The molecule has 0 fully saturated rings. The van der Waals surface area contributed by atoms with Gasteiger partial charge in [0.05, 0.1) is 0 Å². The molecule has 0 saturated carbocycles. The van der Waals surface area contributed by atoms with Crippen LogP contribution in [0.4, 0.5) is 13.2 Å². The Morgan fingerprint density at radius 3 is 2.18 bits per heavy atom. The summed E-state index contributed by atoms with van der Waals surface area (Å²) in [6, 6.07) is 1.57. The third-order valence-electron chi connectivity index (χ3n) is 2.28. The Kier molecular flexibility index (Phi) is 4.69. The summed E-state index contributed by atoms with van der Waals surface area (Å²) in [6.07, 6.45) is -0.875. The van der Waals surface area contributed by atoms with Crippen LogP contribution in [0.15, 0.2) is 12.1 Å². The van der Waals surface area contributed by atoms with Gasteiger partial charge in [0.25, 0.3) is 0 Å². The average molecular weight is 246 g/mol. The fraction of sp³-hybridized carbons (Fsp3) is 0.417. The molecule has 1 atom stereocenters. The highest BCUT2D eigenvalue weighted by molar-refractivity contribution is 5.84. The van der Waals surface area contributed by atoms with Gasteiger partial charge in [-0.2, -0.15) is 0 Å². The summed E-state index contributed by atoms with van der Waals surface area (Å²) in [7, 11) is 0. The van der Waals surface area contributed by atoms with E-state index >= 15 is 0 Å². The minimum atomic E-state index is -1.55. The van der Waals surface area contributed by atoms with Gasteiger partial charge in [-0.25, -0.2) is 13.2 Å². The molecule has 0 aliphatic rings. The summed E-state index contributed by atoms with van der Waals surface area (Å²) < 4.78 is 43.9. The van der Waals surface area contributed by atoms with Gasteiger partial charge in [-0.05, 0) is 24.6 Å². The van der Waals surface area contributed by atoms with Crippen LogP contribution in [0.1, 0.15) is 31.9 Å². The second-order valence-corrected chi connectivity index (χ2v) is 3.45. The quantitative estimate of drug-likeness (QED) is 0.746. The van der Waals surface area contributed by atoms with E-state index in [1.165, 1.54) is 0 Å². The molecule has 1 aromatic rings. The van der Waals surface area contributed by atoms with Crippen molar-refractivity contribution in [2.24, 2.45) is 0 Å². The van der Waals surface area contributed by atoms with E-state index in [4.69, 9.17) is 4.74 Å². The number of rotatable bonds is 5. The zero-order valence-electron chi connectivity index (χ0n) is 9.60. The Balaban J connectivity index is 3.14. The molecular formula is C12H13F3O2. The Morgan fingerprint density at radius 2 is 1.76 bits per heavy atom. The second-order valence-electron chi connectivity index (χ2n) is 3.45. The van der Waals surface area contributed by atoms with E-state index in [2.05, 4.69) is 0 Å². The molecule has 0 aromatic heterocycles. The van der Waals surface area contributed by atoms with Gasteiger partial charge in [-0.15, -0.1) is 0 Å². The van der Waals surface area contributed by atoms with E-state index in [9.17, 15) is 18.0 Å². The Bertz CT molecular complexity index is 395. The summed E-state index contributed by atoms with van der Waals surface area (Å²) in [5.41, 5.74) is -0.00454. The van der Waals surface area contributed by atoms with E-state index in [1.54, 1.807) is 13.8 Å². The summed E-state index contributed by atoms with van der Waals surface area (Å²) >= 11 is 0. The van der Waals surface area contributed by atoms with Crippen molar-refractivity contribution in [3.63, 3.8) is 0 Å². The molecule has 1 aromatic carbocycles. The average Bonchev–Trinajstić information content (AvgIpc) is 2.31. The van der Waals surface area contributed by atoms with E-state index in [0.29, 0.717) is 0 Å². The van der Waals surface area contributed by atoms with Crippen LogP contribution < -0.4 is 0 Å². The first-order valence-electron chi connectivity index (χ1n) is 5.30. The van der Waals surface area contributed by atoms with Crippen molar-refractivity contribution >= 4 is 5.78 Å². The fourth-order valence-electron chi connectivity index (χ4n) is 1.45. The zero-order chi connectivity index (χ0) is 13.0. The highest BCUT2D eigenvalue weighted by Crippen LogP contribution is 2.23. The molecule has 0 bridgehead atoms. The largest absolute Gasteiger partial charge is 0.366 e. The summed E-state index contributed by atoms with van der Waals surface area (Å²) in [5.74, 6) is -4.51. The maximum absolute atomic E-state index is 13.0. The lowest BCUT2D eigenvalue weighted by Gasteiger charge is -2.15. The van der Waals surface area contributed by atoms with E-state index in [-0.39, 0.29) is 24.4 Å². The van der Waals surface area contributed by atoms with Crippen LogP contribution >= 0.6 is 0 Å². The van der Waals surface area contributed by atoms with Crippen LogP contribution in [0.25, 0.3) is 0 Å². The Morgan fingerprint density at radius 1 is 1.24 bits per heavy atom. The highest BCUT2D eigenvalue weighted by Gasteiger charge is 2.22. The lowest BCUT2D eigenvalue weighted by atomic mass is 10.0. The van der Waals surface area contributed by atoms with E-state index in [0.717, 1.165) is 12.1 Å². The molecular weight excluding hydrogens is 233 g/mol. The van der Waals surface area contributed by atoms with E-state index in [1.807, 2.05) is 0 Å². The third kappa shape index (κ3) is 3.06. The molecule has 94 valence electrons. The lowest BCUT2D eigenvalue weighted by Crippen LogP contribution is -2.16. The number of ether oxygens (including phenoxy) is 1. The standard InChI is InChI=1S/C12H13F3O2/c1-3-10(16)12(17-4-2)7-5-8(13)11(15)9(14)6-7/h5-6,12H,3-4H2,1-2H3. The van der Waals surface area contributed by atoms with Crippen LogP contribution in [0.2, 0.25) is 0 Å². The Labute approximate surface area is 97.4 Å². The Hall–Kier alpha value is -1.36. The summed E-state index contributed by atoms with van der Waals surface area (Å²) in [5, 5.41) is 0. The van der Waals surface area contributed by atoms with Gasteiger partial charge in [-0.3, -0.25) is 4.79 Å². The molecule has 2 nitrogen and oxygen atoms in total. The normalized spacial score (nSPS) is 12.5. The maximum Gasteiger partial charge on any atom is 0.194 e. The van der Waals surface area contributed by atoms with Gasteiger partial charge in [0.1, 0.15) is 6.10 Å². The van der Waals surface area contributed by atoms with Crippen molar-refractivity contribution in [3.8, 4) is 0 Å². The lowest BCUT2D eigenvalue weighted by molar-refractivity contribution is -0.130. The van der Waals surface area contributed by atoms with Crippen LogP contribution in [-0.4, -0.2) is 12.4 Å². The number of carbonyl (C=O) groups excluding carboxylic acids is 1. The second kappa shape index (κ2) is 5.82. The van der Waals surface area contributed by atoms with Crippen molar-refractivity contribution in [3.05, 3.63) is 35.1 Å². The van der Waals surface area contributed by atoms with Gasteiger partial charge in [-0.1, -0.05) is 6.92 Å². The van der Waals surface area contributed by atoms with Crippen LogP contribution in [0.3, 0.4) is 0 Å². The predicted octanol–water partition coefficient (Wildman–Crippen LogP) is 3.16. The van der Waals surface area contributed by atoms with Crippen molar-refractivity contribution in [1.29, 1.82) is 0 Å². The number of hydrogen-bond donors (Lipinski definition) is 0. The molecule has 5 heteroatoms. The minimum absolute atomic E-state index is 0.00454. The highest BCUT2D eigenvalue weighted by atomic mass is 19.2. The molecule has 0 spiro atoms. The zero-order valence-corrected chi connectivity index (χ0v) is 9.60. The summed E-state index contributed by atoms with van der Waals surface area (Å²) in [6.45, 7) is 3.49. The molecule has 17 heavy (non-hydrogen) atoms. The number of benzene rings is 1. The molecule has 0 aliphatic carbocycles. The smallest absolute Gasteiger partial charge is 0.194 e. The van der Waals surface area contributed by atoms with Crippen LogP contribution in [0, 0.1) is 17.5 Å². The van der Waals surface area contributed by atoms with Crippen molar-refractivity contribution in [2.45, 2.75) is 26.4 Å². The molecule has 0 N–H and O–H groups in total. The first-order chi connectivity index (χ1) is 8.01. The molecule has 0 aliphatic heterocycles. The number of carbonyl (C=O) groups is 1. The van der Waals surface area contributed by atoms with Crippen molar-refractivity contribution in [1.82, 2.24) is 0 Å². The molecule has 0 heterocycles. The topological polar surface area (TPSA) is 26.3 Å². The molecule has 1 rings (SSSR count). The molecule has 0 saturated heterocycles. The number of Topliss-reactive ketones (excluding diaryl/α,β-unsaturated/α-hetero) is 1. The van der Waals surface area contributed by atoms with Gasteiger partial charge in [0.15, 0.2) is 23.2 Å². The molecule has 0 radical (unpaired) electrons. The van der Waals surface area contributed by atoms with Gasteiger partial charge in [0, 0.05) is 13.0 Å². The molecule has 0 amide bonds. The first-order valence-corrected chi connectivity index (χ1v) is 5.30. The monoisotopic (exact) mass is 246 g/mol. The van der Waals surface area contributed by atoms with Gasteiger partial charge < -0.3 is 4.74 Å². The van der Waals surface area contributed by atoms with Crippen molar-refractivity contribution in [2.75, 3.05) is 6.61 Å². The SMILES string of the molecule is CCOC(C(=O)CC)c1cc(F)c(F)c(F)c1.